The average Bonchev–Trinajstić information content (AvgIpc) is 2.55. The zero-order valence-corrected chi connectivity index (χ0v) is 11.7. The van der Waals surface area contributed by atoms with Gasteiger partial charge in [0.05, 0.1) is 12.6 Å². The van der Waals surface area contributed by atoms with E-state index in [1.54, 1.807) is 24.5 Å². The molecule has 0 bridgehead atoms. The van der Waals surface area contributed by atoms with Crippen molar-refractivity contribution in [2.24, 2.45) is 0 Å². The lowest BCUT2D eigenvalue weighted by molar-refractivity contribution is -0.320. The van der Waals surface area contributed by atoms with Crippen LogP contribution in [-0.4, -0.2) is 28.6 Å². The van der Waals surface area contributed by atoms with Gasteiger partial charge in [0.1, 0.15) is 0 Å². The van der Waals surface area contributed by atoms with Crippen molar-refractivity contribution in [2.75, 3.05) is 6.54 Å². The van der Waals surface area contributed by atoms with Crippen LogP contribution in [0.2, 0.25) is 0 Å². The minimum absolute atomic E-state index is 0.114. The van der Waals surface area contributed by atoms with Gasteiger partial charge in [0.15, 0.2) is 0 Å². The Labute approximate surface area is 123 Å². The van der Waals surface area contributed by atoms with Gasteiger partial charge in [0.2, 0.25) is 6.29 Å². The fraction of sp³-hybridized carbons (Fsp3) is 0.250. The quantitative estimate of drug-likeness (QED) is 0.850. The van der Waals surface area contributed by atoms with E-state index < -0.39 is 6.29 Å². The summed E-state index contributed by atoms with van der Waals surface area (Å²) < 4.78 is 5.73. The van der Waals surface area contributed by atoms with Crippen molar-refractivity contribution >= 4 is 5.91 Å². The average molecular weight is 284 g/mol. The fourth-order valence-corrected chi connectivity index (χ4v) is 2.18. The van der Waals surface area contributed by atoms with Crippen LogP contribution >= 0.6 is 0 Å². The number of benzene rings is 1. The van der Waals surface area contributed by atoms with Gasteiger partial charge in [-0.05, 0) is 25.1 Å². The summed E-state index contributed by atoms with van der Waals surface area (Å²) in [5.41, 5.74) is 1.38. The molecule has 2 atom stereocenters. The molecule has 0 radical (unpaired) electrons. The number of aromatic nitrogens is 1. The first kappa shape index (κ1) is 13.7. The lowest BCUT2D eigenvalue weighted by Crippen LogP contribution is -2.44. The predicted molar refractivity (Wildman–Crippen MR) is 76.1 cm³/mol. The number of pyridine rings is 1. The molecule has 0 N–H and O–H groups in total. The summed E-state index contributed by atoms with van der Waals surface area (Å²) in [6.45, 7) is 2.31. The standard InChI is InChI=1S/C16H16N2O3/c1-12-11-18(15(19)13-6-3-2-4-7-13)21-16(20-12)14-8-5-9-17-10-14/h2-10,12,16H,11H2,1H3/t12-,16+/m1/s1. The van der Waals surface area contributed by atoms with Crippen LogP contribution in [0.4, 0.5) is 0 Å². The lowest BCUT2D eigenvalue weighted by atomic mass is 10.2. The highest BCUT2D eigenvalue weighted by molar-refractivity contribution is 5.93. The Kier molecular flexibility index (Phi) is 3.94. The van der Waals surface area contributed by atoms with Crippen LogP contribution in [0.3, 0.4) is 0 Å². The largest absolute Gasteiger partial charge is 0.341 e. The first-order chi connectivity index (χ1) is 10.2. The molecule has 0 saturated carbocycles. The summed E-state index contributed by atoms with van der Waals surface area (Å²) in [7, 11) is 0. The number of hydroxylamine groups is 2. The van der Waals surface area contributed by atoms with E-state index in [2.05, 4.69) is 4.98 Å². The van der Waals surface area contributed by atoms with E-state index in [4.69, 9.17) is 9.57 Å². The van der Waals surface area contributed by atoms with E-state index in [0.717, 1.165) is 5.56 Å². The van der Waals surface area contributed by atoms with Gasteiger partial charge in [-0.15, -0.1) is 0 Å². The minimum Gasteiger partial charge on any atom is -0.341 e. The number of ether oxygens (including phenoxy) is 1. The van der Waals surface area contributed by atoms with E-state index in [-0.39, 0.29) is 12.0 Å². The second-order valence-corrected chi connectivity index (χ2v) is 4.90. The van der Waals surface area contributed by atoms with Crippen LogP contribution in [0.15, 0.2) is 54.9 Å². The zero-order valence-electron chi connectivity index (χ0n) is 11.7. The van der Waals surface area contributed by atoms with Crippen molar-refractivity contribution in [3.8, 4) is 0 Å². The number of hydrogen-bond donors (Lipinski definition) is 0. The third-order valence-corrected chi connectivity index (χ3v) is 3.21. The molecular formula is C16H16N2O3. The van der Waals surface area contributed by atoms with E-state index in [0.29, 0.717) is 12.1 Å². The van der Waals surface area contributed by atoms with Crippen molar-refractivity contribution in [3.63, 3.8) is 0 Å². The van der Waals surface area contributed by atoms with Crippen LogP contribution in [0.5, 0.6) is 0 Å². The summed E-state index contributed by atoms with van der Waals surface area (Å²) in [5.74, 6) is -0.167. The van der Waals surface area contributed by atoms with Gasteiger partial charge in [-0.3, -0.25) is 9.78 Å². The van der Waals surface area contributed by atoms with Crippen LogP contribution in [-0.2, 0) is 9.57 Å². The van der Waals surface area contributed by atoms with Crippen LogP contribution in [0.1, 0.15) is 29.1 Å². The number of hydrogen-bond acceptors (Lipinski definition) is 4. The smallest absolute Gasteiger partial charge is 0.277 e. The maximum absolute atomic E-state index is 12.5. The molecule has 3 rings (SSSR count). The molecule has 1 aliphatic rings. The van der Waals surface area contributed by atoms with Gasteiger partial charge >= 0.3 is 0 Å². The second kappa shape index (κ2) is 6.03. The second-order valence-electron chi connectivity index (χ2n) is 4.90. The van der Waals surface area contributed by atoms with Gasteiger partial charge in [0, 0.05) is 23.5 Å². The SMILES string of the molecule is C[C@@H]1CN(C(=O)c2ccccc2)O[C@@H](c2cccnc2)O1. The van der Waals surface area contributed by atoms with Crippen LogP contribution in [0, 0.1) is 0 Å². The summed E-state index contributed by atoms with van der Waals surface area (Å²) in [6, 6.07) is 12.7. The maximum atomic E-state index is 12.5. The van der Waals surface area contributed by atoms with Crippen LogP contribution in [0.25, 0.3) is 0 Å². The molecule has 1 aliphatic heterocycles. The zero-order chi connectivity index (χ0) is 14.7. The highest BCUT2D eigenvalue weighted by Crippen LogP contribution is 2.27. The van der Waals surface area contributed by atoms with E-state index >= 15 is 0 Å². The Hall–Kier alpha value is -2.24. The Balaban J connectivity index is 1.79. The monoisotopic (exact) mass is 284 g/mol. The topological polar surface area (TPSA) is 51.7 Å². The third-order valence-electron chi connectivity index (χ3n) is 3.21. The molecule has 1 aromatic carbocycles. The van der Waals surface area contributed by atoms with Crippen molar-refractivity contribution in [1.82, 2.24) is 10.0 Å². The van der Waals surface area contributed by atoms with E-state index in [9.17, 15) is 4.79 Å². The van der Waals surface area contributed by atoms with Crippen molar-refractivity contribution in [1.29, 1.82) is 0 Å². The van der Waals surface area contributed by atoms with Crippen molar-refractivity contribution in [2.45, 2.75) is 19.3 Å². The summed E-state index contributed by atoms with van der Waals surface area (Å²) in [5, 5.41) is 1.36. The minimum atomic E-state index is -0.616. The molecule has 108 valence electrons. The molecule has 0 unspecified atom stereocenters. The molecular weight excluding hydrogens is 268 g/mol. The molecule has 1 saturated heterocycles. The van der Waals surface area contributed by atoms with Gasteiger partial charge in [0.25, 0.3) is 5.91 Å². The van der Waals surface area contributed by atoms with E-state index in [1.165, 1.54) is 5.06 Å². The number of nitrogens with zero attached hydrogens (tertiary/aromatic N) is 2. The molecule has 0 spiro atoms. The highest BCUT2D eigenvalue weighted by atomic mass is 16.8. The summed E-state index contributed by atoms with van der Waals surface area (Å²) in [4.78, 5) is 22.2. The first-order valence-electron chi connectivity index (χ1n) is 6.83. The Morgan fingerprint density at radius 2 is 2.05 bits per heavy atom. The Bertz CT molecular complexity index is 603. The molecule has 21 heavy (non-hydrogen) atoms. The van der Waals surface area contributed by atoms with E-state index in [1.807, 2.05) is 37.3 Å². The molecule has 2 heterocycles. The number of rotatable bonds is 2. The summed E-state index contributed by atoms with van der Waals surface area (Å²) in [6.07, 6.45) is 2.63. The van der Waals surface area contributed by atoms with Crippen molar-refractivity contribution in [3.05, 3.63) is 66.0 Å². The molecule has 1 aromatic heterocycles. The van der Waals surface area contributed by atoms with Gasteiger partial charge in [-0.2, -0.15) is 0 Å². The predicted octanol–water partition coefficient (Wildman–Crippen LogP) is 2.57. The molecule has 0 aliphatic carbocycles. The van der Waals surface area contributed by atoms with Gasteiger partial charge in [-0.25, -0.2) is 9.90 Å². The normalized spacial score (nSPS) is 22.0. The lowest BCUT2D eigenvalue weighted by Gasteiger charge is -2.35. The van der Waals surface area contributed by atoms with Gasteiger partial charge in [-0.1, -0.05) is 24.3 Å². The molecule has 1 amide bonds. The number of amides is 1. The Morgan fingerprint density at radius 3 is 2.76 bits per heavy atom. The van der Waals surface area contributed by atoms with Gasteiger partial charge < -0.3 is 4.74 Å². The number of carbonyl (C=O) groups excluding carboxylic acids is 1. The highest BCUT2D eigenvalue weighted by Gasteiger charge is 2.31. The molecule has 1 fully saturated rings. The van der Waals surface area contributed by atoms with Crippen molar-refractivity contribution < 1.29 is 14.4 Å². The maximum Gasteiger partial charge on any atom is 0.277 e. The molecule has 5 nitrogen and oxygen atoms in total. The Morgan fingerprint density at radius 1 is 1.24 bits per heavy atom. The summed E-state index contributed by atoms with van der Waals surface area (Å²) >= 11 is 0. The van der Waals surface area contributed by atoms with Crippen LogP contribution < -0.4 is 0 Å². The number of carbonyl (C=O) groups is 1. The fourth-order valence-electron chi connectivity index (χ4n) is 2.18. The molecule has 2 aromatic rings. The first-order valence-corrected chi connectivity index (χ1v) is 6.83. The third kappa shape index (κ3) is 3.09. The molecule has 5 heteroatoms.